The van der Waals surface area contributed by atoms with Crippen molar-refractivity contribution in [3.8, 4) is 5.75 Å². The molecule has 2 aromatic rings. The van der Waals surface area contributed by atoms with Gasteiger partial charge in [0, 0.05) is 30.6 Å². The fraction of sp³-hybridized carbons (Fsp3) is 0.542. The van der Waals surface area contributed by atoms with E-state index in [1.807, 2.05) is 0 Å². The van der Waals surface area contributed by atoms with Crippen molar-refractivity contribution in [2.75, 3.05) is 42.7 Å². The van der Waals surface area contributed by atoms with Crippen molar-refractivity contribution in [1.29, 1.82) is 0 Å². The first-order valence-corrected chi connectivity index (χ1v) is 12.0. The van der Waals surface area contributed by atoms with Crippen LogP contribution in [0.15, 0.2) is 30.4 Å². The van der Waals surface area contributed by atoms with Crippen LogP contribution >= 0.6 is 0 Å². The Bertz CT molecular complexity index is 954. The first kappa shape index (κ1) is 23.2. The average molecular weight is 457 g/mol. The third kappa shape index (κ3) is 6.31. The second kappa shape index (κ2) is 11.3. The number of methoxy groups -OCH3 is 1. The van der Waals surface area contributed by atoms with E-state index in [1.54, 1.807) is 17.0 Å². The molecule has 0 bridgehead atoms. The van der Waals surface area contributed by atoms with Crippen molar-refractivity contribution in [2.24, 2.45) is 0 Å². The number of rotatable bonds is 9. The van der Waals surface area contributed by atoms with Gasteiger partial charge in [-0.25, -0.2) is 4.39 Å². The summed E-state index contributed by atoms with van der Waals surface area (Å²) in [6.07, 6.45) is 11.2. The number of ether oxygens (including phenoxy) is 1. The summed E-state index contributed by atoms with van der Waals surface area (Å²) >= 11 is 0. The van der Waals surface area contributed by atoms with Gasteiger partial charge in [-0.3, -0.25) is 0 Å². The molecule has 0 spiro atoms. The third-order valence-electron chi connectivity index (χ3n) is 6.48. The van der Waals surface area contributed by atoms with E-state index < -0.39 is 5.82 Å². The van der Waals surface area contributed by atoms with Crippen LogP contribution in [0.5, 0.6) is 5.75 Å². The van der Waals surface area contributed by atoms with Crippen molar-refractivity contribution in [2.45, 2.75) is 57.5 Å². The quantitative estimate of drug-likeness (QED) is 0.431. The zero-order valence-electron chi connectivity index (χ0n) is 19.5. The minimum atomic E-state index is -0.442. The molecule has 1 aromatic carbocycles. The average Bonchev–Trinajstić information content (AvgIpc) is 3.12. The highest BCUT2D eigenvalue weighted by atomic mass is 19.1. The molecule has 2 heterocycles. The molecule has 0 radical (unpaired) electrons. The van der Waals surface area contributed by atoms with Gasteiger partial charge in [-0.1, -0.05) is 12.2 Å². The Hall–Kier alpha value is -2.94. The second-order valence-electron chi connectivity index (χ2n) is 8.74. The lowest BCUT2D eigenvalue weighted by molar-refractivity contribution is -0.908. The minimum absolute atomic E-state index is 0.196. The number of anilines is 4. The molecule has 3 unspecified atom stereocenters. The largest absolute Gasteiger partial charge is 0.494 e. The Morgan fingerprint density at radius 1 is 1.09 bits per heavy atom. The fourth-order valence-electron chi connectivity index (χ4n) is 4.65. The lowest BCUT2D eigenvalue weighted by Gasteiger charge is -2.21. The molecule has 3 atom stereocenters. The number of hydrogen-bond acceptors (Lipinski definition) is 7. The molecular weight excluding hydrogens is 421 g/mol. The van der Waals surface area contributed by atoms with Gasteiger partial charge in [-0.05, 0) is 44.7 Å². The van der Waals surface area contributed by atoms with Gasteiger partial charge in [0.05, 0.1) is 26.7 Å². The SMILES string of the molecule is CC[NH+]1CCCC1CNc1nc(Nc2ccc(OC)c(F)c2)nc(NC2CC=CCCC2)n1. The highest BCUT2D eigenvalue weighted by Gasteiger charge is 2.27. The van der Waals surface area contributed by atoms with Crippen molar-refractivity contribution >= 4 is 23.5 Å². The summed E-state index contributed by atoms with van der Waals surface area (Å²) in [6, 6.07) is 5.53. The predicted molar refractivity (Wildman–Crippen MR) is 129 cm³/mol. The van der Waals surface area contributed by atoms with Crippen LogP contribution in [-0.4, -0.2) is 53.8 Å². The van der Waals surface area contributed by atoms with E-state index in [0.717, 1.165) is 38.8 Å². The van der Waals surface area contributed by atoms with Gasteiger partial charge in [-0.15, -0.1) is 0 Å². The molecule has 178 valence electrons. The van der Waals surface area contributed by atoms with Crippen LogP contribution in [-0.2, 0) is 0 Å². The molecule has 1 aliphatic carbocycles. The molecule has 1 aromatic heterocycles. The highest BCUT2D eigenvalue weighted by Crippen LogP contribution is 2.24. The molecule has 4 N–H and O–H groups in total. The van der Waals surface area contributed by atoms with Crippen molar-refractivity contribution < 1.29 is 14.0 Å². The van der Waals surface area contributed by atoms with Gasteiger partial charge in [0.1, 0.15) is 6.04 Å². The molecule has 33 heavy (non-hydrogen) atoms. The molecule has 1 fully saturated rings. The number of nitrogens with one attached hydrogen (secondary N) is 4. The van der Waals surface area contributed by atoms with Crippen molar-refractivity contribution in [3.05, 3.63) is 36.2 Å². The number of allylic oxidation sites excluding steroid dienone is 1. The summed E-state index contributed by atoms with van der Waals surface area (Å²) in [7, 11) is 1.45. The molecule has 2 aliphatic rings. The first-order chi connectivity index (χ1) is 16.1. The van der Waals surface area contributed by atoms with Gasteiger partial charge in [0.25, 0.3) is 0 Å². The minimum Gasteiger partial charge on any atom is -0.494 e. The molecule has 9 heteroatoms. The maximum atomic E-state index is 14.2. The maximum absolute atomic E-state index is 14.2. The topological polar surface area (TPSA) is 88.4 Å². The summed E-state index contributed by atoms with van der Waals surface area (Å²) in [4.78, 5) is 15.4. The van der Waals surface area contributed by atoms with Gasteiger partial charge in [0.15, 0.2) is 11.6 Å². The Kier molecular flexibility index (Phi) is 7.93. The van der Waals surface area contributed by atoms with Gasteiger partial charge in [0.2, 0.25) is 17.8 Å². The lowest BCUT2D eigenvalue weighted by atomic mass is 10.1. The molecule has 4 rings (SSSR count). The first-order valence-electron chi connectivity index (χ1n) is 12.0. The number of likely N-dealkylation sites (tertiary alicyclic amines) is 1. The van der Waals surface area contributed by atoms with E-state index >= 15 is 0 Å². The standard InChI is InChI=1S/C24H34FN7O/c1-3-32-14-8-11-19(32)16-26-22-29-23(27-17-9-6-4-5-7-10-17)31-24(30-22)28-18-12-13-21(33-2)20(25)15-18/h4,6,12-13,15,17,19H,3,5,7-11,14,16H2,1-2H3,(H3,26,27,28,29,30,31)/p+1. The molecule has 8 nitrogen and oxygen atoms in total. The number of nitrogens with zero attached hydrogens (tertiary/aromatic N) is 3. The molecule has 0 saturated carbocycles. The number of quaternary nitrogens is 1. The summed E-state index contributed by atoms with van der Waals surface area (Å²) in [5, 5.41) is 10.0. The second-order valence-corrected chi connectivity index (χ2v) is 8.74. The van der Waals surface area contributed by atoms with Crippen LogP contribution in [0.1, 0.15) is 45.4 Å². The Morgan fingerprint density at radius 3 is 2.76 bits per heavy atom. The van der Waals surface area contributed by atoms with E-state index in [-0.39, 0.29) is 11.8 Å². The van der Waals surface area contributed by atoms with E-state index in [1.165, 1.54) is 32.6 Å². The Labute approximate surface area is 195 Å². The predicted octanol–water partition coefficient (Wildman–Crippen LogP) is 3.15. The highest BCUT2D eigenvalue weighted by molar-refractivity contribution is 5.57. The smallest absolute Gasteiger partial charge is 0.233 e. The molecular formula is C24H35FN7O+. The summed E-state index contributed by atoms with van der Waals surface area (Å²) in [5.74, 6) is 1.17. The third-order valence-corrected chi connectivity index (χ3v) is 6.48. The van der Waals surface area contributed by atoms with Crippen LogP contribution < -0.4 is 25.6 Å². The zero-order chi connectivity index (χ0) is 23.0. The number of benzene rings is 1. The number of hydrogen-bond donors (Lipinski definition) is 4. The maximum Gasteiger partial charge on any atom is 0.233 e. The molecule has 0 amide bonds. The van der Waals surface area contributed by atoms with Crippen LogP contribution in [0, 0.1) is 5.82 Å². The Morgan fingerprint density at radius 2 is 1.94 bits per heavy atom. The van der Waals surface area contributed by atoms with Gasteiger partial charge in [-0.2, -0.15) is 15.0 Å². The number of halogens is 1. The lowest BCUT2D eigenvalue weighted by Crippen LogP contribution is -3.14. The summed E-state index contributed by atoms with van der Waals surface area (Å²) in [6.45, 7) is 5.39. The van der Waals surface area contributed by atoms with E-state index in [4.69, 9.17) is 4.74 Å². The van der Waals surface area contributed by atoms with E-state index in [2.05, 4.69) is 50.0 Å². The van der Waals surface area contributed by atoms with Crippen LogP contribution in [0.2, 0.25) is 0 Å². The van der Waals surface area contributed by atoms with Crippen LogP contribution in [0.3, 0.4) is 0 Å². The fourth-order valence-corrected chi connectivity index (χ4v) is 4.65. The molecule has 1 aliphatic heterocycles. The van der Waals surface area contributed by atoms with Crippen molar-refractivity contribution in [1.82, 2.24) is 15.0 Å². The monoisotopic (exact) mass is 456 g/mol. The number of aromatic nitrogens is 3. The Balaban J connectivity index is 1.52. The van der Waals surface area contributed by atoms with Gasteiger partial charge >= 0.3 is 0 Å². The van der Waals surface area contributed by atoms with E-state index in [9.17, 15) is 4.39 Å². The number of likely N-dealkylation sites (N-methyl/N-ethyl adjacent to an activating group) is 1. The van der Waals surface area contributed by atoms with E-state index in [0.29, 0.717) is 29.6 Å². The summed E-state index contributed by atoms with van der Waals surface area (Å²) < 4.78 is 19.2. The summed E-state index contributed by atoms with van der Waals surface area (Å²) in [5.41, 5.74) is 0.547. The van der Waals surface area contributed by atoms with Crippen molar-refractivity contribution in [3.63, 3.8) is 0 Å². The zero-order valence-corrected chi connectivity index (χ0v) is 19.5. The van der Waals surface area contributed by atoms with Gasteiger partial charge < -0.3 is 25.6 Å². The molecule has 1 saturated heterocycles. The van der Waals surface area contributed by atoms with Crippen LogP contribution in [0.4, 0.5) is 27.9 Å². The normalized spacial score (nSPS) is 22.6. The van der Waals surface area contributed by atoms with Crippen LogP contribution in [0.25, 0.3) is 0 Å².